The number of benzene rings is 2. The van der Waals surface area contributed by atoms with Gasteiger partial charge in [-0.3, -0.25) is 14.9 Å². The van der Waals surface area contributed by atoms with Crippen LogP contribution in [0.4, 0.5) is 0 Å². The van der Waals surface area contributed by atoms with Gasteiger partial charge >= 0.3 is 0 Å². The van der Waals surface area contributed by atoms with E-state index in [2.05, 4.69) is 0 Å². The van der Waals surface area contributed by atoms with E-state index in [0.29, 0.717) is 0 Å². The van der Waals surface area contributed by atoms with Gasteiger partial charge in [0.1, 0.15) is 5.78 Å². The largest absolute Gasteiger partial charge is 0.300 e. The van der Waals surface area contributed by atoms with Gasteiger partial charge < -0.3 is 0 Å². The molecule has 1 aliphatic rings. The van der Waals surface area contributed by atoms with Crippen molar-refractivity contribution >= 4 is 5.78 Å². The number of nitrogens with zero attached hydrogens (tertiary/aromatic N) is 1. The molecule has 4 heteroatoms. The van der Waals surface area contributed by atoms with Gasteiger partial charge in [-0.05, 0) is 11.1 Å². The fourth-order valence-corrected chi connectivity index (χ4v) is 3.86. The first-order chi connectivity index (χ1) is 11.0. The molecule has 1 atom stereocenters. The average molecular weight is 309 g/mol. The average Bonchev–Trinajstić information content (AvgIpc) is 2.58. The van der Waals surface area contributed by atoms with E-state index in [-0.39, 0.29) is 30.0 Å². The summed E-state index contributed by atoms with van der Waals surface area (Å²) in [7, 11) is 0. The Labute approximate surface area is 135 Å². The lowest BCUT2D eigenvalue weighted by molar-refractivity contribution is -0.579. The quantitative estimate of drug-likeness (QED) is 0.640. The molecule has 0 aliphatic heterocycles. The number of rotatable bonds is 3. The van der Waals surface area contributed by atoms with Gasteiger partial charge in [0.25, 0.3) is 0 Å². The molecular weight excluding hydrogens is 290 g/mol. The van der Waals surface area contributed by atoms with Gasteiger partial charge in [0.2, 0.25) is 5.54 Å². The molecule has 0 spiro atoms. The monoisotopic (exact) mass is 309 g/mol. The van der Waals surface area contributed by atoms with Crippen molar-refractivity contribution < 1.29 is 9.72 Å². The third-order valence-electron chi connectivity index (χ3n) is 5.21. The highest BCUT2D eigenvalue weighted by molar-refractivity contribution is 5.83. The molecular formula is C19H19NO3. The minimum absolute atomic E-state index is 0.0806. The smallest absolute Gasteiger partial charge is 0.233 e. The van der Waals surface area contributed by atoms with E-state index < -0.39 is 11.0 Å². The highest BCUT2D eigenvalue weighted by Crippen LogP contribution is 2.51. The Kier molecular flexibility index (Phi) is 3.76. The summed E-state index contributed by atoms with van der Waals surface area (Å²) in [6.07, 6.45) is 0.681. The van der Waals surface area contributed by atoms with Crippen LogP contribution in [-0.2, 0) is 10.2 Å². The molecule has 118 valence electrons. The number of hydrogen-bond donors (Lipinski definition) is 0. The lowest BCUT2D eigenvalue weighted by Crippen LogP contribution is -2.59. The summed E-state index contributed by atoms with van der Waals surface area (Å²) in [5.41, 5.74) is -0.491. The number of carbonyl (C=O) groups is 1. The van der Waals surface area contributed by atoms with Crippen molar-refractivity contribution in [3.63, 3.8) is 0 Å². The Morgan fingerprint density at radius 3 is 1.87 bits per heavy atom. The van der Waals surface area contributed by atoms with Gasteiger partial charge in [-0.15, -0.1) is 0 Å². The van der Waals surface area contributed by atoms with Crippen LogP contribution >= 0.6 is 0 Å². The second-order valence-electron chi connectivity index (χ2n) is 6.38. The Bertz CT molecular complexity index is 687. The zero-order valence-corrected chi connectivity index (χ0v) is 13.1. The number of nitro groups is 1. The zero-order chi connectivity index (χ0) is 16.5. The summed E-state index contributed by atoms with van der Waals surface area (Å²) in [5.74, 6) is 0.0806. The predicted octanol–water partition coefficient (Wildman–Crippen LogP) is 3.76. The Morgan fingerprint density at radius 2 is 1.43 bits per heavy atom. The minimum Gasteiger partial charge on any atom is -0.300 e. The molecule has 0 heterocycles. The van der Waals surface area contributed by atoms with Crippen LogP contribution in [0.5, 0.6) is 0 Å². The molecule has 3 rings (SSSR count). The van der Waals surface area contributed by atoms with Crippen LogP contribution in [0.15, 0.2) is 60.7 Å². The molecule has 0 bridgehead atoms. The van der Waals surface area contributed by atoms with Crippen LogP contribution in [0.1, 0.15) is 37.3 Å². The highest BCUT2D eigenvalue weighted by Gasteiger charge is 2.62. The molecule has 0 radical (unpaired) electrons. The predicted molar refractivity (Wildman–Crippen MR) is 87.9 cm³/mol. The fraction of sp³-hybridized carbons (Fsp3) is 0.316. The second-order valence-corrected chi connectivity index (χ2v) is 6.38. The fourth-order valence-electron chi connectivity index (χ4n) is 3.86. The molecule has 23 heavy (non-hydrogen) atoms. The van der Waals surface area contributed by atoms with Crippen molar-refractivity contribution in [2.24, 2.45) is 0 Å². The first-order valence-corrected chi connectivity index (χ1v) is 7.78. The highest BCUT2D eigenvalue weighted by atomic mass is 16.6. The summed E-state index contributed by atoms with van der Waals surface area (Å²) >= 11 is 0. The second kappa shape index (κ2) is 5.61. The summed E-state index contributed by atoms with van der Waals surface area (Å²) in [6.45, 7) is 1.68. The van der Waals surface area contributed by atoms with Crippen LogP contribution in [0.2, 0.25) is 0 Å². The third kappa shape index (κ3) is 2.25. The first kappa shape index (κ1) is 15.4. The van der Waals surface area contributed by atoms with Crippen LogP contribution < -0.4 is 0 Å². The van der Waals surface area contributed by atoms with E-state index in [4.69, 9.17) is 0 Å². The molecule has 1 unspecified atom stereocenters. The van der Waals surface area contributed by atoms with Crippen molar-refractivity contribution in [1.29, 1.82) is 0 Å². The van der Waals surface area contributed by atoms with Gasteiger partial charge in [-0.2, -0.15) is 0 Å². The van der Waals surface area contributed by atoms with Gasteiger partial charge in [0.15, 0.2) is 0 Å². The molecule has 2 aromatic rings. The van der Waals surface area contributed by atoms with Gasteiger partial charge in [-0.1, -0.05) is 60.7 Å². The lowest BCUT2D eigenvalue weighted by atomic mass is 9.55. The Morgan fingerprint density at radius 1 is 0.957 bits per heavy atom. The number of hydrogen-bond acceptors (Lipinski definition) is 3. The summed E-state index contributed by atoms with van der Waals surface area (Å²) in [5, 5.41) is 12.0. The summed E-state index contributed by atoms with van der Waals surface area (Å²) in [6, 6.07) is 18.9. The van der Waals surface area contributed by atoms with Crippen LogP contribution in [0.25, 0.3) is 0 Å². The number of Topliss-reactive ketones (excluding diaryl/α,β-unsaturated/α-hetero) is 1. The van der Waals surface area contributed by atoms with Gasteiger partial charge in [0, 0.05) is 31.1 Å². The zero-order valence-electron chi connectivity index (χ0n) is 13.1. The molecule has 0 aromatic heterocycles. The van der Waals surface area contributed by atoms with Crippen LogP contribution in [-0.4, -0.2) is 16.2 Å². The Hall–Kier alpha value is -2.49. The van der Waals surface area contributed by atoms with E-state index in [1.807, 2.05) is 60.7 Å². The first-order valence-electron chi connectivity index (χ1n) is 7.78. The molecule has 0 N–H and O–H groups in total. The molecule has 0 saturated heterocycles. The number of ketones is 1. The Balaban J connectivity index is 2.34. The molecule has 1 aliphatic carbocycles. The summed E-state index contributed by atoms with van der Waals surface area (Å²) < 4.78 is 0. The van der Waals surface area contributed by atoms with E-state index >= 15 is 0 Å². The van der Waals surface area contributed by atoms with Crippen LogP contribution in [0.3, 0.4) is 0 Å². The maximum absolute atomic E-state index is 12.3. The van der Waals surface area contributed by atoms with Crippen molar-refractivity contribution in [3.05, 3.63) is 81.9 Å². The maximum atomic E-state index is 12.3. The van der Waals surface area contributed by atoms with Crippen molar-refractivity contribution in [2.45, 2.75) is 37.1 Å². The van der Waals surface area contributed by atoms with E-state index in [0.717, 1.165) is 11.1 Å². The third-order valence-corrected chi connectivity index (χ3v) is 5.21. The van der Waals surface area contributed by atoms with E-state index in [1.54, 1.807) is 6.92 Å². The van der Waals surface area contributed by atoms with Crippen molar-refractivity contribution in [1.82, 2.24) is 0 Å². The lowest BCUT2D eigenvalue weighted by Gasteiger charge is -2.45. The topological polar surface area (TPSA) is 60.2 Å². The molecule has 2 aromatic carbocycles. The minimum atomic E-state index is -1.22. The van der Waals surface area contributed by atoms with Gasteiger partial charge in [-0.25, -0.2) is 0 Å². The standard InChI is InChI=1S/C19H19NO3/c1-18(20(22)23)13-12-17(21)14-19(18,15-8-4-2-5-9-15)16-10-6-3-7-11-16/h2-11H,12-14H2,1H3. The molecule has 1 fully saturated rings. The van der Waals surface area contributed by atoms with E-state index in [1.165, 1.54) is 0 Å². The summed E-state index contributed by atoms with van der Waals surface area (Å²) in [4.78, 5) is 24.2. The molecule has 4 nitrogen and oxygen atoms in total. The van der Waals surface area contributed by atoms with E-state index in [9.17, 15) is 14.9 Å². The SMILES string of the molecule is CC1([N+](=O)[O-])CCC(=O)CC1(c1ccccc1)c1ccccc1. The normalized spacial score (nSPS) is 23.4. The van der Waals surface area contributed by atoms with Crippen molar-refractivity contribution in [2.75, 3.05) is 0 Å². The van der Waals surface area contributed by atoms with Crippen molar-refractivity contribution in [3.8, 4) is 0 Å². The van der Waals surface area contributed by atoms with Crippen LogP contribution in [0, 0.1) is 10.1 Å². The molecule has 0 amide bonds. The molecule has 1 saturated carbocycles. The maximum Gasteiger partial charge on any atom is 0.233 e. The number of carbonyl (C=O) groups excluding carboxylic acids is 1. The van der Waals surface area contributed by atoms with Gasteiger partial charge in [0.05, 0.1) is 5.41 Å².